The summed E-state index contributed by atoms with van der Waals surface area (Å²) in [5, 5.41) is 1.46. The van der Waals surface area contributed by atoms with Crippen molar-refractivity contribution in [3.05, 3.63) is 34.1 Å². The quantitative estimate of drug-likeness (QED) is 0.867. The van der Waals surface area contributed by atoms with Crippen LogP contribution in [0.1, 0.15) is 18.4 Å². The summed E-state index contributed by atoms with van der Waals surface area (Å²) in [5.41, 5.74) is 3.45. The van der Waals surface area contributed by atoms with E-state index in [0.29, 0.717) is 16.6 Å². The van der Waals surface area contributed by atoms with E-state index in [9.17, 15) is 9.18 Å². The second-order valence-corrected chi connectivity index (χ2v) is 5.16. The third-order valence-corrected chi connectivity index (χ3v) is 3.27. The molecule has 0 atom stereocenters. The molecule has 1 aliphatic carbocycles. The lowest BCUT2D eigenvalue weighted by Crippen LogP contribution is -2.40. The van der Waals surface area contributed by atoms with Crippen molar-refractivity contribution in [2.75, 3.05) is 7.05 Å². The fraction of sp³-hybridized carbons (Fsp3) is 0.417. The minimum atomic E-state index is -0.279. The van der Waals surface area contributed by atoms with E-state index in [1.165, 1.54) is 11.1 Å². The first-order chi connectivity index (χ1) is 8.08. The lowest BCUT2D eigenvalue weighted by Gasteiger charge is -2.18. The van der Waals surface area contributed by atoms with Crippen molar-refractivity contribution in [3.63, 3.8) is 0 Å². The Kier molecular flexibility index (Phi) is 3.79. The zero-order valence-electron chi connectivity index (χ0n) is 9.54. The maximum atomic E-state index is 13.5. The molecule has 1 aliphatic rings. The van der Waals surface area contributed by atoms with Crippen molar-refractivity contribution in [3.8, 4) is 0 Å². The standard InChI is InChI=1S/C12H14BrFN2O/c1-16(12(17)8-2-3-8)15-7-9-4-5-10(13)6-11(9)14/h4-6,8,15H,2-3,7H2,1H3. The second kappa shape index (κ2) is 5.14. The molecule has 92 valence electrons. The zero-order chi connectivity index (χ0) is 12.4. The third kappa shape index (κ3) is 3.26. The molecular weight excluding hydrogens is 287 g/mol. The predicted molar refractivity (Wildman–Crippen MR) is 66.4 cm³/mol. The Bertz CT molecular complexity index is 435. The van der Waals surface area contributed by atoms with E-state index >= 15 is 0 Å². The van der Waals surface area contributed by atoms with Crippen molar-refractivity contribution in [1.29, 1.82) is 0 Å². The third-order valence-electron chi connectivity index (χ3n) is 2.78. The van der Waals surface area contributed by atoms with Gasteiger partial charge in [-0.1, -0.05) is 22.0 Å². The monoisotopic (exact) mass is 300 g/mol. The Labute approximate surface area is 108 Å². The predicted octanol–water partition coefficient (Wildman–Crippen LogP) is 2.46. The van der Waals surface area contributed by atoms with Crippen molar-refractivity contribution < 1.29 is 9.18 Å². The van der Waals surface area contributed by atoms with Crippen LogP contribution in [0.3, 0.4) is 0 Å². The Morgan fingerprint density at radius 2 is 2.29 bits per heavy atom. The largest absolute Gasteiger partial charge is 0.281 e. The molecule has 0 radical (unpaired) electrons. The number of hydrazine groups is 1. The summed E-state index contributed by atoms with van der Waals surface area (Å²) in [6.07, 6.45) is 1.94. The molecule has 0 unspecified atom stereocenters. The summed E-state index contributed by atoms with van der Waals surface area (Å²) >= 11 is 3.20. The topological polar surface area (TPSA) is 32.3 Å². The molecule has 0 bridgehead atoms. The second-order valence-electron chi connectivity index (χ2n) is 4.24. The molecule has 1 N–H and O–H groups in total. The number of halogens is 2. The van der Waals surface area contributed by atoms with Crippen LogP contribution in [0.4, 0.5) is 4.39 Å². The maximum Gasteiger partial charge on any atom is 0.239 e. The van der Waals surface area contributed by atoms with Gasteiger partial charge in [0.05, 0.1) is 0 Å². The lowest BCUT2D eigenvalue weighted by molar-refractivity contribution is -0.134. The van der Waals surface area contributed by atoms with Crippen LogP contribution in [0.5, 0.6) is 0 Å². The molecule has 0 saturated heterocycles. The van der Waals surface area contributed by atoms with E-state index in [-0.39, 0.29) is 17.6 Å². The van der Waals surface area contributed by atoms with E-state index in [0.717, 1.165) is 12.8 Å². The molecule has 0 heterocycles. The van der Waals surface area contributed by atoms with E-state index in [1.807, 2.05) is 0 Å². The maximum absolute atomic E-state index is 13.5. The van der Waals surface area contributed by atoms with Crippen molar-refractivity contribution in [1.82, 2.24) is 10.4 Å². The highest BCUT2D eigenvalue weighted by Crippen LogP contribution is 2.30. The molecule has 0 spiro atoms. The molecule has 5 heteroatoms. The van der Waals surface area contributed by atoms with E-state index in [1.54, 1.807) is 19.2 Å². The SMILES string of the molecule is CN(NCc1ccc(Br)cc1F)C(=O)C1CC1. The normalized spacial score (nSPS) is 14.8. The fourth-order valence-corrected chi connectivity index (χ4v) is 1.88. The molecule has 1 saturated carbocycles. The van der Waals surface area contributed by atoms with Gasteiger partial charge in [0.2, 0.25) is 5.91 Å². The van der Waals surface area contributed by atoms with Gasteiger partial charge in [-0.3, -0.25) is 9.80 Å². The van der Waals surface area contributed by atoms with Crippen LogP contribution >= 0.6 is 15.9 Å². The molecule has 1 amide bonds. The smallest absolute Gasteiger partial charge is 0.239 e. The Morgan fingerprint density at radius 1 is 1.59 bits per heavy atom. The van der Waals surface area contributed by atoms with Gasteiger partial charge >= 0.3 is 0 Å². The summed E-state index contributed by atoms with van der Waals surface area (Å²) < 4.78 is 14.2. The molecule has 1 fully saturated rings. The number of hydrogen-bond donors (Lipinski definition) is 1. The van der Waals surface area contributed by atoms with E-state index in [4.69, 9.17) is 0 Å². The minimum absolute atomic E-state index is 0.0857. The van der Waals surface area contributed by atoms with Crippen molar-refractivity contribution in [2.24, 2.45) is 5.92 Å². The van der Waals surface area contributed by atoms with Crippen LogP contribution in [-0.2, 0) is 11.3 Å². The van der Waals surface area contributed by atoms with Crippen LogP contribution in [0.25, 0.3) is 0 Å². The summed E-state index contributed by atoms with van der Waals surface area (Å²) in [4.78, 5) is 11.6. The number of amides is 1. The van der Waals surface area contributed by atoms with Gasteiger partial charge in [-0.05, 0) is 25.0 Å². The fourth-order valence-electron chi connectivity index (χ4n) is 1.55. The average Bonchev–Trinajstić information content (AvgIpc) is 3.10. The number of nitrogens with one attached hydrogen (secondary N) is 1. The van der Waals surface area contributed by atoms with Crippen molar-refractivity contribution >= 4 is 21.8 Å². The number of nitrogens with zero attached hydrogens (tertiary/aromatic N) is 1. The van der Waals surface area contributed by atoms with Gasteiger partial charge in [-0.2, -0.15) is 0 Å². The Morgan fingerprint density at radius 3 is 2.88 bits per heavy atom. The number of carbonyl (C=O) groups is 1. The van der Waals surface area contributed by atoms with Gasteiger partial charge < -0.3 is 0 Å². The highest BCUT2D eigenvalue weighted by atomic mass is 79.9. The zero-order valence-corrected chi connectivity index (χ0v) is 11.1. The average molecular weight is 301 g/mol. The molecule has 1 aromatic carbocycles. The van der Waals surface area contributed by atoms with Crippen LogP contribution in [-0.4, -0.2) is 18.0 Å². The summed E-state index contributed by atoms with van der Waals surface area (Å²) in [6.45, 7) is 0.314. The number of benzene rings is 1. The van der Waals surface area contributed by atoms with E-state index < -0.39 is 0 Å². The van der Waals surface area contributed by atoms with Gasteiger partial charge in [0, 0.05) is 29.5 Å². The Hall–Kier alpha value is -0.940. The van der Waals surface area contributed by atoms with Gasteiger partial charge in [0.15, 0.2) is 0 Å². The van der Waals surface area contributed by atoms with Crippen LogP contribution in [0.15, 0.2) is 22.7 Å². The summed E-state index contributed by atoms with van der Waals surface area (Å²) in [7, 11) is 1.68. The first kappa shape index (κ1) is 12.5. The molecule has 1 aromatic rings. The lowest BCUT2D eigenvalue weighted by atomic mass is 10.2. The molecule has 0 aromatic heterocycles. The number of carbonyl (C=O) groups excluding carboxylic acids is 1. The van der Waals surface area contributed by atoms with Crippen LogP contribution in [0.2, 0.25) is 0 Å². The minimum Gasteiger partial charge on any atom is -0.281 e. The van der Waals surface area contributed by atoms with Crippen LogP contribution < -0.4 is 5.43 Å². The first-order valence-electron chi connectivity index (χ1n) is 5.53. The number of hydrogen-bond acceptors (Lipinski definition) is 2. The molecule has 17 heavy (non-hydrogen) atoms. The molecular formula is C12H14BrFN2O. The highest BCUT2D eigenvalue weighted by Gasteiger charge is 2.32. The Balaban J connectivity index is 1.90. The summed E-state index contributed by atoms with van der Waals surface area (Å²) in [6, 6.07) is 4.89. The van der Waals surface area contributed by atoms with Crippen LogP contribution in [0, 0.1) is 11.7 Å². The molecule has 2 rings (SSSR count). The van der Waals surface area contributed by atoms with Gasteiger partial charge in [-0.25, -0.2) is 9.82 Å². The van der Waals surface area contributed by atoms with E-state index in [2.05, 4.69) is 21.4 Å². The van der Waals surface area contributed by atoms with Gasteiger partial charge in [-0.15, -0.1) is 0 Å². The molecule has 3 nitrogen and oxygen atoms in total. The van der Waals surface area contributed by atoms with Crippen molar-refractivity contribution in [2.45, 2.75) is 19.4 Å². The molecule has 0 aliphatic heterocycles. The summed E-state index contributed by atoms with van der Waals surface area (Å²) in [5.74, 6) is -0.0241. The first-order valence-corrected chi connectivity index (χ1v) is 6.32. The highest BCUT2D eigenvalue weighted by molar-refractivity contribution is 9.10. The van der Waals surface area contributed by atoms with Gasteiger partial charge in [0.1, 0.15) is 5.82 Å². The van der Waals surface area contributed by atoms with Gasteiger partial charge in [0.25, 0.3) is 0 Å². The number of rotatable bonds is 4.